The van der Waals surface area contributed by atoms with E-state index in [0.717, 1.165) is 0 Å². The Kier molecular flexibility index (Phi) is 6.44. The Balaban J connectivity index is 0.00000225. The van der Waals surface area contributed by atoms with E-state index in [-0.39, 0.29) is 18.3 Å². The van der Waals surface area contributed by atoms with E-state index in [2.05, 4.69) is 10.3 Å². The molecule has 16 heavy (non-hydrogen) atoms. The lowest BCUT2D eigenvalue weighted by atomic mass is 10.3. The Morgan fingerprint density at radius 2 is 2.31 bits per heavy atom. The van der Waals surface area contributed by atoms with Gasteiger partial charge in [0.15, 0.2) is 0 Å². The number of nitrogens with two attached hydrogens (primary N) is 1. The Morgan fingerprint density at radius 1 is 1.62 bits per heavy atom. The smallest absolute Gasteiger partial charge is 0.253 e. The van der Waals surface area contributed by atoms with Crippen molar-refractivity contribution in [2.75, 3.05) is 17.7 Å². The molecule has 0 aromatic carbocycles. The van der Waals surface area contributed by atoms with Gasteiger partial charge in [0, 0.05) is 6.61 Å². The lowest BCUT2D eigenvalue weighted by molar-refractivity contribution is -0.126. The molecule has 1 heterocycles. The fraction of sp³-hybridized carbons (Fsp3) is 0.400. The zero-order valence-electron chi connectivity index (χ0n) is 9.27. The van der Waals surface area contributed by atoms with Crippen LogP contribution in [0, 0.1) is 0 Å². The molecule has 0 aliphatic heterocycles. The monoisotopic (exact) mass is 245 g/mol. The van der Waals surface area contributed by atoms with Crippen LogP contribution in [0.4, 0.5) is 11.5 Å². The highest BCUT2D eigenvalue weighted by Crippen LogP contribution is 2.07. The summed E-state index contributed by atoms with van der Waals surface area (Å²) in [4.78, 5) is 15.4. The number of hydrogen-bond acceptors (Lipinski definition) is 4. The predicted molar refractivity (Wildman–Crippen MR) is 65.6 cm³/mol. The van der Waals surface area contributed by atoms with Gasteiger partial charge < -0.3 is 15.8 Å². The van der Waals surface area contributed by atoms with E-state index in [4.69, 9.17) is 10.5 Å². The highest BCUT2D eigenvalue weighted by Gasteiger charge is 2.12. The van der Waals surface area contributed by atoms with Gasteiger partial charge in [0.05, 0.1) is 11.9 Å². The first-order valence-corrected chi connectivity index (χ1v) is 4.77. The molecule has 1 aromatic rings. The number of nitrogens with one attached hydrogen (secondary N) is 1. The summed E-state index contributed by atoms with van der Waals surface area (Å²) in [7, 11) is 0. The van der Waals surface area contributed by atoms with E-state index >= 15 is 0 Å². The van der Waals surface area contributed by atoms with Crippen molar-refractivity contribution < 1.29 is 9.53 Å². The van der Waals surface area contributed by atoms with Crippen molar-refractivity contribution in [3.8, 4) is 0 Å². The third-order valence-electron chi connectivity index (χ3n) is 1.84. The van der Waals surface area contributed by atoms with E-state index in [1.807, 2.05) is 6.92 Å². The lowest BCUT2D eigenvalue weighted by Gasteiger charge is -2.11. The van der Waals surface area contributed by atoms with Crippen molar-refractivity contribution in [2.45, 2.75) is 20.0 Å². The molecule has 0 saturated heterocycles. The topological polar surface area (TPSA) is 77.2 Å². The average Bonchev–Trinajstić information content (AvgIpc) is 2.22. The summed E-state index contributed by atoms with van der Waals surface area (Å²) >= 11 is 0. The largest absolute Gasteiger partial charge is 0.384 e. The number of nitrogen functional groups attached to an aromatic ring is 1. The van der Waals surface area contributed by atoms with Gasteiger partial charge in [-0.15, -0.1) is 12.4 Å². The molecular weight excluding hydrogens is 230 g/mol. The summed E-state index contributed by atoms with van der Waals surface area (Å²) in [6, 6.07) is 3.32. The maximum absolute atomic E-state index is 11.5. The molecule has 5 nitrogen and oxygen atoms in total. The van der Waals surface area contributed by atoms with Crippen molar-refractivity contribution in [1.29, 1.82) is 0 Å². The highest BCUT2D eigenvalue weighted by atomic mass is 35.5. The first-order valence-electron chi connectivity index (χ1n) is 4.77. The fourth-order valence-corrected chi connectivity index (χ4v) is 1.05. The summed E-state index contributed by atoms with van der Waals surface area (Å²) in [6.07, 6.45) is 1.04. The van der Waals surface area contributed by atoms with Crippen LogP contribution in [-0.4, -0.2) is 23.6 Å². The SMILES string of the molecule is CCOC(C)C(=O)Nc1ccc(N)nc1.Cl. The summed E-state index contributed by atoms with van der Waals surface area (Å²) in [5, 5.41) is 2.67. The van der Waals surface area contributed by atoms with Gasteiger partial charge in [0.25, 0.3) is 5.91 Å². The number of carbonyl (C=O) groups is 1. The number of pyridine rings is 1. The molecule has 1 atom stereocenters. The lowest BCUT2D eigenvalue weighted by Crippen LogP contribution is -2.27. The van der Waals surface area contributed by atoms with Crippen LogP contribution in [0.5, 0.6) is 0 Å². The summed E-state index contributed by atoms with van der Waals surface area (Å²) < 4.78 is 5.14. The molecule has 0 radical (unpaired) electrons. The molecule has 0 spiro atoms. The standard InChI is InChI=1S/C10H15N3O2.ClH/c1-3-15-7(2)10(14)13-8-4-5-9(11)12-6-8;/h4-7H,3H2,1-2H3,(H2,11,12)(H,13,14);1H. The Morgan fingerprint density at radius 3 is 2.81 bits per heavy atom. The van der Waals surface area contributed by atoms with Gasteiger partial charge in [0.1, 0.15) is 11.9 Å². The summed E-state index contributed by atoms with van der Waals surface area (Å²) in [6.45, 7) is 4.05. The van der Waals surface area contributed by atoms with Crippen molar-refractivity contribution in [3.05, 3.63) is 18.3 Å². The third kappa shape index (κ3) is 4.46. The van der Waals surface area contributed by atoms with Gasteiger partial charge in [-0.3, -0.25) is 4.79 Å². The molecule has 0 aliphatic carbocycles. The van der Waals surface area contributed by atoms with Crippen molar-refractivity contribution in [3.63, 3.8) is 0 Å². The molecule has 1 unspecified atom stereocenters. The van der Waals surface area contributed by atoms with Crippen molar-refractivity contribution in [2.24, 2.45) is 0 Å². The van der Waals surface area contributed by atoms with Crippen LogP contribution in [-0.2, 0) is 9.53 Å². The maximum Gasteiger partial charge on any atom is 0.253 e. The highest BCUT2D eigenvalue weighted by molar-refractivity contribution is 5.93. The van der Waals surface area contributed by atoms with E-state index < -0.39 is 6.10 Å². The maximum atomic E-state index is 11.5. The number of anilines is 2. The number of nitrogens with zero attached hydrogens (tertiary/aromatic N) is 1. The number of amides is 1. The number of hydrogen-bond donors (Lipinski definition) is 2. The number of halogens is 1. The fourth-order valence-electron chi connectivity index (χ4n) is 1.05. The van der Waals surface area contributed by atoms with Gasteiger partial charge in [-0.05, 0) is 26.0 Å². The quantitative estimate of drug-likeness (QED) is 0.842. The number of aromatic nitrogens is 1. The van der Waals surface area contributed by atoms with Crippen LogP contribution in [0.25, 0.3) is 0 Å². The zero-order chi connectivity index (χ0) is 11.3. The molecular formula is C10H16ClN3O2. The second-order valence-corrected chi connectivity index (χ2v) is 3.06. The van der Waals surface area contributed by atoms with Gasteiger partial charge >= 0.3 is 0 Å². The minimum Gasteiger partial charge on any atom is -0.384 e. The second kappa shape index (κ2) is 7.03. The Hall–Kier alpha value is -1.33. The molecule has 0 bridgehead atoms. The van der Waals surface area contributed by atoms with Gasteiger partial charge in [-0.25, -0.2) is 4.98 Å². The molecule has 1 aromatic heterocycles. The van der Waals surface area contributed by atoms with Crippen LogP contribution in [0.3, 0.4) is 0 Å². The molecule has 1 rings (SSSR count). The summed E-state index contributed by atoms with van der Waals surface area (Å²) in [5.74, 6) is 0.231. The van der Waals surface area contributed by atoms with Crippen LogP contribution in [0.2, 0.25) is 0 Å². The predicted octanol–water partition coefficient (Wildman–Crippen LogP) is 1.45. The molecule has 0 aliphatic rings. The van der Waals surface area contributed by atoms with Crippen LogP contribution in [0.15, 0.2) is 18.3 Å². The van der Waals surface area contributed by atoms with Crippen molar-refractivity contribution in [1.82, 2.24) is 4.98 Å². The van der Waals surface area contributed by atoms with Crippen LogP contribution < -0.4 is 11.1 Å². The van der Waals surface area contributed by atoms with E-state index in [0.29, 0.717) is 18.1 Å². The Bertz CT molecular complexity index is 329. The molecule has 90 valence electrons. The minimum atomic E-state index is -0.465. The third-order valence-corrected chi connectivity index (χ3v) is 1.84. The van der Waals surface area contributed by atoms with Crippen molar-refractivity contribution >= 4 is 29.8 Å². The normalized spacial score (nSPS) is 11.4. The molecule has 1 amide bonds. The first kappa shape index (κ1) is 14.7. The van der Waals surface area contributed by atoms with Crippen LogP contribution in [0.1, 0.15) is 13.8 Å². The number of ether oxygens (including phenoxy) is 1. The number of carbonyl (C=O) groups excluding carboxylic acids is 1. The second-order valence-electron chi connectivity index (χ2n) is 3.06. The summed E-state index contributed by atoms with van der Waals surface area (Å²) in [5.41, 5.74) is 6.03. The van der Waals surface area contributed by atoms with Gasteiger partial charge in [-0.2, -0.15) is 0 Å². The zero-order valence-corrected chi connectivity index (χ0v) is 10.1. The van der Waals surface area contributed by atoms with E-state index in [1.165, 1.54) is 6.20 Å². The molecule has 6 heteroatoms. The van der Waals surface area contributed by atoms with Gasteiger partial charge in [0.2, 0.25) is 0 Å². The van der Waals surface area contributed by atoms with E-state index in [1.54, 1.807) is 19.1 Å². The molecule has 0 saturated carbocycles. The molecule has 3 N–H and O–H groups in total. The first-order chi connectivity index (χ1) is 7.13. The minimum absolute atomic E-state index is 0. The average molecular weight is 246 g/mol. The van der Waals surface area contributed by atoms with Gasteiger partial charge in [-0.1, -0.05) is 0 Å². The number of rotatable bonds is 4. The van der Waals surface area contributed by atoms with E-state index in [9.17, 15) is 4.79 Å². The van der Waals surface area contributed by atoms with Crippen LogP contribution >= 0.6 is 12.4 Å². The Labute approximate surface area is 101 Å². The molecule has 0 fully saturated rings.